The number of benzene rings is 2. The van der Waals surface area contributed by atoms with Gasteiger partial charge in [0.1, 0.15) is 5.82 Å². The van der Waals surface area contributed by atoms with E-state index in [4.69, 9.17) is 4.74 Å². The Bertz CT molecular complexity index is 727. The number of carbonyl (C=O) groups is 2. The number of hydrogen-bond donors (Lipinski definition) is 1. The van der Waals surface area contributed by atoms with Gasteiger partial charge >= 0.3 is 5.97 Å². The zero-order chi connectivity index (χ0) is 17.0. The third-order valence-electron chi connectivity index (χ3n) is 3.01. The Labute approximate surface area is 132 Å². The first-order chi connectivity index (χ1) is 10.9. The van der Waals surface area contributed by atoms with Crippen LogP contribution in [0.2, 0.25) is 0 Å². The summed E-state index contributed by atoms with van der Waals surface area (Å²) in [6.07, 6.45) is 0. The van der Waals surface area contributed by atoms with Crippen LogP contribution in [0.3, 0.4) is 0 Å². The average Bonchev–Trinajstić information content (AvgIpc) is 2.51. The Morgan fingerprint density at radius 2 is 1.70 bits per heavy atom. The molecule has 0 atom stereocenters. The van der Waals surface area contributed by atoms with E-state index < -0.39 is 23.4 Å². The summed E-state index contributed by atoms with van der Waals surface area (Å²) in [5.74, 6) is -3.16. The lowest BCUT2D eigenvalue weighted by atomic mass is 10.1. The molecule has 0 unspecified atom stereocenters. The van der Waals surface area contributed by atoms with E-state index in [2.05, 4.69) is 5.32 Å². The van der Waals surface area contributed by atoms with Crippen LogP contribution in [0, 0.1) is 17.6 Å². The highest BCUT2D eigenvalue weighted by Crippen LogP contribution is 2.20. The fourth-order valence-corrected chi connectivity index (χ4v) is 1.69. The Morgan fingerprint density at radius 3 is 2.30 bits per heavy atom. The molecular weight excluding hydrogens is 304 g/mol. The van der Waals surface area contributed by atoms with Gasteiger partial charge in [0.25, 0.3) is 0 Å². The van der Waals surface area contributed by atoms with E-state index in [0.717, 1.165) is 18.2 Å². The van der Waals surface area contributed by atoms with E-state index >= 15 is 0 Å². The van der Waals surface area contributed by atoms with Crippen LogP contribution < -0.4 is 10.1 Å². The number of esters is 1. The largest absolute Gasteiger partial charge is 0.420 e. The minimum absolute atomic E-state index is 0.149. The van der Waals surface area contributed by atoms with Crippen molar-refractivity contribution in [2.45, 2.75) is 13.8 Å². The highest BCUT2D eigenvalue weighted by molar-refractivity contribution is 5.94. The molecule has 0 radical (unpaired) electrons. The minimum Gasteiger partial charge on any atom is -0.420 e. The predicted octanol–water partition coefficient (Wildman–Crippen LogP) is 3.78. The van der Waals surface area contributed by atoms with Crippen molar-refractivity contribution in [3.8, 4) is 5.75 Å². The Morgan fingerprint density at radius 1 is 1.04 bits per heavy atom. The maximum atomic E-state index is 13.4. The molecule has 1 amide bonds. The van der Waals surface area contributed by atoms with Crippen LogP contribution in [0.4, 0.5) is 14.5 Å². The Kier molecular flexibility index (Phi) is 5.05. The lowest BCUT2D eigenvalue weighted by molar-refractivity contribution is -0.118. The van der Waals surface area contributed by atoms with Crippen LogP contribution in [-0.2, 0) is 4.79 Å². The second kappa shape index (κ2) is 7.00. The van der Waals surface area contributed by atoms with Gasteiger partial charge in [-0.2, -0.15) is 0 Å². The van der Waals surface area contributed by atoms with Gasteiger partial charge in [0.05, 0.1) is 5.56 Å². The fourth-order valence-electron chi connectivity index (χ4n) is 1.69. The van der Waals surface area contributed by atoms with Crippen molar-refractivity contribution in [2.75, 3.05) is 5.32 Å². The van der Waals surface area contributed by atoms with Crippen molar-refractivity contribution in [1.29, 1.82) is 0 Å². The summed E-state index contributed by atoms with van der Waals surface area (Å²) < 4.78 is 31.3. The van der Waals surface area contributed by atoms with Crippen LogP contribution in [0.25, 0.3) is 0 Å². The summed E-state index contributed by atoms with van der Waals surface area (Å²) >= 11 is 0. The van der Waals surface area contributed by atoms with E-state index in [9.17, 15) is 18.4 Å². The molecule has 0 aliphatic rings. The zero-order valence-electron chi connectivity index (χ0n) is 12.6. The van der Waals surface area contributed by atoms with E-state index in [1.54, 1.807) is 13.8 Å². The minimum atomic E-state index is -0.833. The van der Waals surface area contributed by atoms with Crippen LogP contribution in [0.5, 0.6) is 5.75 Å². The highest BCUT2D eigenvalue weighted by atomic mass is 19.1. The molecule has 0 heterocycles. The molecule has 1 N–H and O–H groups in total. The number of ether oxygens (including phenoxy) is 1. The van der Waals surface area contributed by atoms with Crippen molar-refractivity contribution in [1.82, 2.24) is 0 Å². The molecule has 0 saturated carbocycles. The zero-order valence-corrected chi connectivity index (χ0v) is 12.6. The van der Waals surface area contributed by atoms with Crippen molar-refractivity contribution >= 4 is 17.6 Å². The van der Waals surface area contributed by atoms with Gasteiger partial charge < -0.3 is 10.1 Å². The van der Waals surface area contributed by atoms with Gasteiger partial charge in [0.2, 0.25) is 5.91 Å². The van der Waals surface area contributed by atoms with Crippen LogP contribution in [0.1, 0.15) is 24.2 Å². The lowest BCUT2D eigenvalue weighted by Gasteiger charge is -2.09. The van der Waals surface area contributed by atoms with Crippen molar-refractivity contribution < 1.29 is 23.1 Å². The number of rotatable bonds is 4. The topological polar surface area (TPSA) is 55.4 Å². The molecule has 2 rings (SSSR count). The molecule has 0 spiro atoms. The standard InChI is InChI=1S/C17H15F2NO3/c1-10(2)16(21)20-13-6-3-11(4-7-13)17(22)23-15-9-12(18)5-8-14(15)19/h3-10H,1-2H3,(H,20,21). The van der Waals surface area contributed by atoms with E-state index in [-0.39, 0.29) is 17.4 Å². The summed E-state index contributed by atoms with van der Waals surface area (Å²) in [4.78, 5) is 23.5. The van der Waals surface area contributed by atoms with Gasteiger partial charge in [0.15, 0.2) is 11.6 Å². The van der Waals surface area contributed by atoms with Gasteiger partial charge in [-0.15, -0.1) is 0 Å². The number of anilines is 1. The number of nitrogens with one attached hydrogen (secondary N) is 1. The Balaban J connectivity index is 2.08. The smallest absolute Gasteiger partial charge is 0.343 e. The van der Waals surface area contributed by atoms with Gasteiger partial charge in [-0.3, -0.25) is 4.79 Å². The highest BCUT2D eigenvalue weighted by Gasteiger charge is 2.13. The molecule has 23 heavy (non-hydrogen) atoms. The number of amides is 1. The fraction of sp³-hybridized carbons (Fsp3) is 0.176. The first-order valence-electron chi connectivity index (χ1n) is 6.95. The summed E-state index contributed by atoms with van der Waals surface area (Å²) in [5, 5.41) is 2.67. The van der Waals surface area contributed by atoms with Crippen molar-refractivity contribution in [3.05, 3.63) is 59.7 Å². The average molecular weight is 319 g/mol. The third kappa shape index (κ3) is 4.35. The quantitative estimate of drug-likeness (QED) is 0.689. The molecular formula is C17H15F2NO3. The van der Waals surface area contributed by atoms with E-state index in [1.807, 2.05) is 0 Å². The molecule has 0 saturated heterocycles. The normalized spacial score (nSPS) is 10.5. The number of carbonyl (C=O) groups excluding carboxylic acids is 2. The third-order valence-corrected chi connectivity index (χ3v) is 3.01. The molecule has 6 heteroatoms. The second-order valence-corrected chi connectivity index (χ2v) is 5.19. The summed E-state index contributed by atoms with van der Waals surface area (Å²) in [6, 6.07) is 8.51. The summed E-state index contributed by atoms with van der Waals surface area (Å²) in [7, 11) is 0. The monoisotopic (exact) mass is 319 g/mol. The molecule has 2 aromatic carbocycles. The van der Waals surface area contributed by atoms with Gasteiger partial charge in [-0.1, -0.05) is 13.8 Å². The van der Waals surface area contributed by atoms with Crippen molar-refractivity contribution in [3.63, 3.8) is 0 Å². The maximum absolute atomic E-state index is 13.4. The molecule has 0 aliphatic carbocycles. The molecule has 0 aliphatic heterocycles. The second-order valence-electron chi connectivity index (χ2n) is 5.19. The number of halogens is 2. The molecule has 120 valence electrons. The molecule has 0 fully saturated rings. The molecule has 0 bridgehead atoms. The Hall–Kier alpha value is -2.76. The van der Waals surface area contributed by atoms with E-state index in [1.165, 1.54) is 24.3 Å². The van der Waals surface area contributed by atoms with E-state index in [0.29, 0.717) is 5.69 Å². The first kappa shape index (κ1) is 16.6. The molecule has 4 nitrogen and oxygen atoms in total. The molecule has 0 aromatic heterocycles. The van der Waals surface area contributed by atoms with Crippen molar-refractivity contribution in [2.24, 2.45) is 5.92 Å². The lowest BCUT2D eigenvalue weighted by Crippen LogP contribution is -2.17. The summed E-state index contributed by atoms with van der Waals surface area (Å²) in [6.45, 7) is 3.52. The summed E-state index contributed by atoms with van der Waals surface area (Å²) in [5.41, 5.74) is 0.674. The first-order valence-corrected chi connectivity index (χ1v) is 6.95. The molecule has 2 aromatic rings. The van der Waals surface area contributed by atoms with Crippen LogP contribution in [-0.4, -0.2) is 11.9 Å². The van der Waals surface area contributed by atoms with Crippen LogP contribution >= 0.6 is 0 Å². The van der Waals surface area contributed by atoms with Gasteiger partial charge in [-0.05, 0) is 36.4 Å². The SMILES string of the molecule is CC(C)C(=O)Nc1ccc(C(=O)Oc2cc(F)ccc2F)cc1. The van der Waals surface area contributed by atoms with Crippen LogP contribution in [0.15, 0.2) is 42.5 Å². The van der Waals surface area contributed by atoms with Gasteiger partial charge in [-0.25, -0.2) is 13.6 Å². The van der Waals surface area contributed by atoms with Gasteiger partial charge in [0, 0.05) is 17.7 Å². The maximum Gasteiger partial charge on any atom is 0.343 e. The number of hydrogen-bond acceptors (Lipinski definition) is 3. The predicted molar refractivity (Wildman–Crippen MR) is 81.2 cm³/mol.